The summed E-state index contributed by atoms with van der Waals surface area (Å²) in [5.74, 6) is -0.360. The quantitative estimate of drug-likeness (QED) is 0.774. The monoisotopic (exact) mass is 254 g/mol. The lowest BCUT2D eigenvalue weighted by Gasteiger charge is -2.11. The van der Waals surface area contributed by atoms with Crippen LogP contribution in [0.2, 0.25) is 0 Å². The van der Waals surface area contributed by atoms with E-state index in [1.165, 1.54) is 7.11 Å². The van der Waals surface area contributed by atoms with Gasteiger partial charge in [0.1, 0.15) is 0 Å². The Morgan fingerprint density at radius 2 is 2.06 bits per heavy atom. The van der Waals surface area contributed by atoms with Gasteiger partial charge in [0.2, 0.25) is 0 Å². The Morgan fingerprint density at radius 1 is 1.41 bits per heavy atom. The van der Waals surface area contributed by atoms with Crippen molar-refractivity contribution >= 4 is 16.8 Å². The second-order valence-corrected chi connectivity index (χ2v) is 5.67. The van der Waals surface area contributed by atoms with Crippen molar-refractivity contribution in [3.63, 3.8) is 0 Å². The van der Waals surface area contributed by atoms with Crippen LogP contribution in [0.15, 0.2) is 23.1 Å². The number of benzene rings is 1. The molecule has 1 aromatic rings. The molecule has 1 rings (SSSR count). The minimum atomic E-state index is -1.16. The fraction of sp³-hybridized carbons (Fsp3) is 0.462. The second kappa shape index (κ2) is 5.96. The molecule has 94 valence electrons. The predicted molar refractivity (Wildman–Crippen MR) is 68.4 cm³/mol. The van der Waals surface area contributed by atoms with Crippen LogP contribution in [0, 0.1) is 19.8 Å². The van der Waals surface area contributed by atoms with Crippen molar-refractivity contribution in [1.82, 2.24) is 0 Å². The summed E-state index contributed by atoms with van der Waals surface area (Å²) in [4.78, 5) is 12.1. The van der Waals surface area contributed by atoms with E-state index >= 15 is 0 Å². The topological polar surface area (TPSA) is 43.4 Å². The number of ether oxygens (including phenoxy) is 1. The first kappa shape index (κ1) is 13.9. The first-order valence-electron chi connectivity index (χ1n) is 5.49. The molecule has 0 aliphatic carbocycles. The van der Waals surface area contributed by atoms with E-state index in [1.54, 1.807) is 6.92 Å². The maximum atomic E-state index is 12.2. The zero-order chi connectivity index (χ0) is 13.0. The third kappa shape index (κ3) is 3.66. The summed E-state index contributed by atoms with van der Waals surface area (Å²) in [6.07, 6.45) is 0. The molecule has 0 aromatic heterocycles. The number of methoxy groups -OCH3 is 1. The molecule has 0 amide bonds. The highest BCUT2D eigenvalue weighted by molar-refractivity contribution is 7.85. The molecule has 0 spiro atoms. The molecule has 2 atom stereocenters. The molecular formula is C13H18O3S. The molecule has 0 aliphatic heterocycles. The summed E-state index contributed by atoms with van der Waals surface area (Å²) in [5, 5.41) is 0. The minimum Gasteiger partial charge on any atom is -0.469 e. The zero-order valence-electron chi connectivity index (χ0n) is 10.6. The van der Waals surface area contributed by atoms with Gasteiger partial charge in [0.15, 0.2) is 0 Å². The number of rotatable bonds is 4. The molecule has 0 bridgehead atoms. The summed E-state index contributed by atoms with van der Waals surface area (Å²) in [6, 6.07) is 5.85. The van der Waals surface area contributed by atoms with Crippen LogP contribution < -0.4 is 0 Å². The van der Waals surface area contributed by atoms with Crippen molar-refractivity contribution in [1.29, 1.82) is 0 Å². The van der Waals surface area contributed by atoms with Crippen molar-refractivity contribution in [2.24, 2.45) is 5.92 Å². The van der Waals surface area contributed by atoms with Gasteiger partial charge in [-0.1, -0.05) is 19.1 Å². The fourth-order valence-electron chi connectivity index (χ4n) is 1.54. The number of hydrogen-bond acceptors (Lipinski definition) is 3. The van der Waals surface area contributed by atoms with Gasteiger partial charge in [0.05, 0.1) is 23.8 Å². The molecule has 4 heteroatoms. The average Bonchev–Trinajstić information content (AvgIpc) is 2.30. The lowest BCUT2D eigenvalue weighted by atomic mass is 10.2. The molecule has 17 heavy (non-hydrogen) atoms. The molecule has 0 aliphatic rings. The van der Waals surface area contributed by atoms with E-state index < -0.39 is 10.8 Å². The van der Waals surface area contributed by atoms with Crippen LogP contribution in [0.25, 0.3) is 0 Å². The predicted octanol–water partition coefficient (Wildman–Crippen LogP) is 2.22. The van der Waals surface area contributed by atoms with Gasteiger partial charge in [-0.2, -0.15) is 0 Å². The van der Waals surface area contributed by atoms with E-state index in [-0.39, 0.29) is 11.9 Å². The highest BCUT2D eigenvalue weighted by atomic mass is 32.2. The van der Waals surface area contributed by atoms with Crippen molar-refractivity contribution in [3.8, 4) is 0 Å². The number of carbonyl (C=O) groups excluding carboxylic acids is 1. The highest BCUT2D eigenvalue weighted by Gasteiger charge is 2.18. The first-order valence-corrected chi connectivity index (χ1v) is 6.81. The van der Waals surface area contributed by atoms with Gasteiger partial charge in [0.25, 0.3) is 0 Å². The third-order valence-electron chi connectivity index (χ3n) is 2.59. The van der Waals surface area contributed by atoms with Gasteiger partial charge in [-0.15, -0.1) is 0 Å². The summed E-state index contributed by atoms with van der Waals surface area (Å²) < 4.78 is 16.8. The van der Waals surface area contributed by atoms with Crippen LogP contribution in [0.5, 0.6) is 0 Å². The molecule has 2 unspecified atom stereocenters. The first-order chi connectivity index (χ1) is 7.95. The highest BCUT2D eigenvalue weighted by Crippen LogP contribution is 2.17. The summed E-state index contributed by atoms with van der Waals surface area (Å²) in [7, 11) is 0.189. The average molecular weight is 254 g/mol. The molecule has 1 aromatic carbocycles. The molecule has 0 fully saturated rings. The smallest absolute Gasteiger partial charge is 0.309 e. The lowest BCUT2D eigenvalue weighted by Crippen LogP contribution is -2.19. The maximum absolute atomic E-state index is 12.2. The van der Waals surface area contributed by atoms with E-state index in [0.717, 1.165) is 16.0 Å². The number of carbonyl (C=O) groups is 1. The normalized spacial score (nSPS) is 14.1. The zero-order valence-corrected chi connectivity index (χ0v) is 11.5. The summed E-state index contributed by atoms with van der Waals surface area (Å²) in [6.45, 7) is 5.62. The molecule has 0 saturated heterocycles. The molecular weight excluding hydrogens is 236 g/mol. The molecule has 0 radical (unpaired) electrons. The Kier molecular flexibility index (Phi) is 4.87. The van der Waals surface area contributed by atoms with Crippen molar-refractivity contribution < 1.29 is 13.7 Å². The van der Waals surface area contributed by atoms with Crippen LogP contribution in [-0.2, 0) is 20.3 Å². The van der Waals surface area contributed by atoms with Crippen LogP contribution in [0.3, 0.4) is 0 Å². The number of aryl methyl sites for hydroxylation is 2. The standard InChI is InChI=1S/C13H18O3S/c1-9-5-6-10(2)12(7-9)17(15)8-11(3)13(14)16-4/h5-7,11H,8H2,1-4H3. The lowest BCUT2D eigenvalue weighted by molar-refractivity contribution is -0.144. The largest absolute Gasteiger partial charge is 0.469 e. The Hall–Kier alpha value is -1.16. The molecule has 3 nitrogen and oxygen atoms in total. The van der Waals surface area contributed by atoms with Gasteiger partial charge in [0, 0.05) is 10.6 Å². The van der Waals surface area contributed by atoms with Gasteiger partial charge < -0.3 is 4.74 Å². The van der Waals surface area contributed by atoms with Crippen LogP contribution in [0.1, 0.15) is 18.1 Å². The van der Waals surface area contributed by atoms with E-state index in [1.807, 2.05) is 32.0 Å². The van der Waals surface area contributed by atoms with Gasteiger partial charge in [-0.05, 0) is 31.0 Å². The third-order valence-corrected chi connectivity index (χ3v) is 4.33. The van der Waals surface area contributed by atoms with Crippen LogP contribution in [-0.4, -0.2) is 23.0 Å². The molecule has 0 saturated carbocycles. The minimum absolute atomic E-state index is 0.303. The maximum Gasteiger partial charge on any atom is 0.309 e. The second-order valence-electron chi connectivity index (χ2n) is 4.21. The van der Waals surface area contributed by atoms with E-state index in [2.05, 4.69) is 4.74 Å². The summed E-state index contributed by atoms with van der Waals surface area (Å²) in [5.41, 5.74) is 2.07. The van der Waals surface area contributed by atoms with E-state index in [4.69, 9.17) is 0 Å². The molecule has 0 N–H and O–H groups in total. The Balaban J connectivity index is 2.83. The van der Waals surface area contributed by atoms with Crippen molar-refractivity contribution in [2.45, 2.75) is 25.7 Å². The van der Waals surface area contributed by atoms with E-state index in [9.17, 15) is 9.00 Å². The van der Waals surface area contributed by atoms with Crippen molar-refractivity contribution in [2.75, 3.05) is 12.9 Å². The Bertz CT molecular complexity index is 440. The summed E-state index contributed by atoms with van der Waals surface area (Å²) >= 11 is 0. The van der Waals surface area contributed by atoms with E-state index in [0.29, 0.717) is 5.75 Å². The van der Waals surface area contributed by atoms with Crippen molar-refractivity contribution in [3.05, 3.63) is 29.3 Å². The number of hydrogen-bond donors (Lipinski definition) is 0. The van der Waals surface area contributed by atoms with Gasteiger partial charge in [-0.25, -0.2) is 0 Å². The van der Waals surface area contributed by atoms with Gasteiger partial charge in [-0.3, -0.25) is 9.00 Å². The number of esters is 1. The fourth-order valence-corrected chi connectivity index (χ4v) is 3.05. The van der Waals surface area contributed by atoms with Crippen LogP contribution in [0.4, 0.5) is 0 Å². The Labute approximate surface area is 105 Å². The van der Waals surface area contributed by atoms with Gasteiger partial charge >= 0.3 is 5.97 Å². The SMILES string of the molecule is COC(=O)C(C)CS(=O)c1cc(C)ccc1C. The van der Waals surface area contributed by atoms with Crippen LogP contribution >= 0.6 is 0 Å². The Morgan fingerprint density at radius 3 is 2.65 bits per heavy atom. The molecule has 0 heterocycles.